The number of aliphatic hydroxyl groups excluding tert-OH is 1. The van der Waals surface area contributed by atoms with Gasteiger partial charge >= 0.3 is 5.91 Å². The Morgan fingerprint density at radius 1 is 1.00 bits per heavy atom. The molecule has 0 saturated carbocycles. The number of carbonyl (C=O) groups is 2. The van der Waals surface area contributed by atoms with Crippen LogP contribution >= 0.6 is 11.3 Å². The maximum atomic E-state index is 14.2. The van der Waals surface area contributed by atoms with Gasteiger partial charge in [-0.1, -0.05) is 23.5 Å². The van der Waals surface area contributed by atoms with Crippen LogP contribution in [0.3, 0.4) is 0 Å². The summed E-state index contributed by atoms with van der Waals surface area (Å²) in [6.07, 6.45) is 0. The molecule has 1 atom stereocenters. The van der Waals surface area contributed by atoms with Gasteiger partial charge in [0.15, 0.2) is 5.13 Å². The predicted molar refractivity (Wildman–Crippen MR) is 130 cm³/mol. The molecule has 35 heavy (non-hydrogen) atoms. The van der Waals surface area contributed by atoms with Crippen LogP contribution in [0.15, 0.2) is 72.3 Å². The van der Waals surface area contributed by atoms with Crippen molar-refractivity contribution in [3.63, 3.8) is 0 Å². The predicted octanol–water partition coefficient (Wildman–Crippen LogP) is 5.08. The summed E-state index contributed by atoms with van der Waals surface area (Å²) >= 11 is 1.19. The number of rotatable bonds is 5. The summed E-state index contributed by atoms with van der Waals surface area (Å²) in [6, 6.07) is 16.2. The molecule has 1 amide bonds. The Morgan fingerprint density at radius 2 is 1.71 bits per heavy atom. The van der Waals surface area contributed by atoms with Gasteiger partial charge < -0.3 is 14.6 Å². The second kappa shape index (κ2) is 8.84. The topological polar surface area (TPSA) is 89.0 Å². The minimum Gasteiger partial charge on any atom is -0.507 e. The third-order valence-corrected chi connectivity index (χ3v) is 6.78. The van der Waals surface area contributed by atoms with Crippen molar-refractivity contribution in [3.8, 4) is 11.5 Å². The van der Waals surface area contributed by atoms with E-state index in [4.69, 9.17) is 9.47 Å². The van der Waals surface area contributed by atoms with Crippen molar-refractivity contribution in [1.29, 1.82) is 0 Å². The minimum absolute atomic E-state index is 0.150. The number of hydrogen-bond donors (Lipinski definition) is 1. The number of anilines is 1. The number of methoxy groups -OCH3 is 2. The Bertz CT molecular complexity index is 1500. The maximum absolute atomic E-state index is 14.2. The van der Waals surface area contributed by atoms with E-state index in [-0.39, 0.29) is 16.5 Å². The van der Waals surface area contributed by atoms with Gasteiger partial charge in [0.1, 0.15) is 23.1 Å². The molecule has 1 aliphatic heterocycles. The average Bonchev–Trinajstić information content (AvgIpc) is 3.41. The van der Waals surface area contributed by atoms with Crippen molar-refractivity contribution < 1.29 is 28.6 Å². The molecule has 176 valence electrons. The number of Topliss-reactive ketones (excluding diaryl/α,β-unsaturated/α-hetero) is 1. The summed E-state index contributed by atoms with van der Waals surface area (Å²) in [6.45, 7) is 0. The third kappa shape index (κ3) is 3.89. The highest BCUT2D eigenvalue weighted by Gasteiger charge is 2.48. The van der Waals surface area contributed by atoms with Gasteiger partial charge in [0.2, 0.25) is 0 Å². The second-order valence-corrected chi connectivity index (χ2v) is 8.79. The molecule has 1 fully saturated rings. The van der Waals surface area contributed by atoms with Gasteiger partial charge in [-0.3, -0.25) is 14.5 Å². The number of aromatic nitrogens is 1. The molecule has 2 heterocycles. The molecule has 0 radical (unpaired) electrons. The van der Waals surface area contributed by atoms with Crippen molar-refractivity contribution >= 4 is 44.1 Å². The van der Waals surface area contributed by atoms with Gasteiger partial charge in [-0.25, -0.2) is 9.37 Å². The van der Waals surface area contributed by atoms with E-state index < -0.39 is 23.5 Å². The standard InChI is InChI=1S/C26H19FN2O5S/c1-33-17-8-6-14(7-9-17)23(30)21-22(15-4-3-5-16(27)12-15)29(25(32)24(21)31)26-28-19-11-10-18(34-2)13-20(19)35-26/h3-13,22,30H,1-2H3/b23-21+/t22-/m0/s1. The summed E-state index contributed by atoms with van der Waals surface area (Å²) in [5, 5.41) is 11.4. The van der Waals surface area contributed by atoms with Crippen molar-refractivity contribution in [2.45, 2.75) is 6.04 Å². The zero-order valence-corrected chi connectivity index (χ0v) is 19.5. The first-order chi connectivity index (χ1) is 16.9. The molecule has 7 nitrogen and oxygen atoms in total. The normalized spacial score (nSPS) is 17.2. The highest BCUT2D eigenvalue weighted by atomic mass is 32.1. The SMILES string of the molecule is COc1ccc(/C(O)=C2\C(=O)C(=O)N(c3nc4ccc(OC)cc4s3)[C@H]2c2cccc(F)c2)cc1. The lowest BCUT2D eigenvalue weighted by Gasteiger charge is -2.23. The number of ketones is 1. The largest absolute Gasteiger partial charge is 0.507 e. The van der Waals surface area contributed by atoms with E-state index in [2.05, 4.69) is 4.98 Å². The highest BCUT2D eigenvalue weighted by Crippen LogP contribution is 2.44. The molecule has 5 rings (SSSR count). The van der Waals surface area contributed by atoms with Gasteiger partial charge in [-0.05, 0) is 60.2 Å². The number of carbonyl (C=O) groups excluding carboxylic acids is 2. The number of fused-ring (bicyclic) bond motifs is 1. The molecule has 1 N–H and O–H groups in total. The van der Waals surface area contributed by atoms with E-state index in [9.17, 15) is 19.1 Å². The Kier molecular flexibility index (Phi) is 5.70. The molecule has 9 heteroatoms. The van der Waals surface area contributed by atoms with Crippen LogP contribution in [0, 0.1) is 5.82 Å². The number of aliphatic hydroxyl groups is 1. The fourth-order valence-electron chi connectivity index (χ4n) is 4.05. The molecule has 1 aliphatic rings. The van der Waals surface area contributed by atoms with Crippen molar-refractivity contribution in [3.05, 3.63) is 89.2 Å². The molecule has 3 aromatic carbocycles. The fourth-order valence-corrected chi connectivity index (χ4v) is 5.07. The van der Waals surface area contributed by atoms with Crippen LogP contribution in [-0.2, 0) is 9.59 Å². The number of benzene rings is 3. The zero-order valence-electron chi connectivity index (χ0n) is 18.7. The molecular weight excluding hydrogens is 471 g/mol. The molecule has 0 unspecified atom stereocenters. The summed E-state index contributed by atoms with van der Waals surface area (Å²) < 4.78 is 25.4. The van der Waals surface area contributed by atoms with Crippen LogP contribution < -0.4 is 14.4 Å². The van der Waals surface area contributed by atoms with Crippen molar-refractivity contribution in [1.82, 2.24) is 4.98 Å². The zero-order chi connectivity index (χ0) is 24.7. The van der Waals surface area contributed by atoms with Gasteiger partial charge in [-0.2, -0.15) is 0 Å². The molecule has 0 spiro atoms. The first-order valence-electron chi connectivity index (χ1n) is 10.6. The van der Waals surface area contributed by atoms with Gasteiger partial charge in [0.25, 0.3) is 5.78 Å². The minimum atomic E-state index is -1.07. The van der Waals surface area contributed by atoms with E-state index in [1.54, 1.807) is 55.6 Å². The van der Waals surface area contributed by atoms with Crippen LogP contribution in [0.1, 0.15) is 17.2 Å². The molecule has 0 bridgehead atoms. The summed E-state index contributed by atoms with van der Waals surface area (Å²) in [5.41, 5.74) is 1.11. The molecule has 0 aliphatic carbocycles. The number of thiazole rings is 1. The van der Waals surface area contributed by atoms with Crippen molar-refractivity contribution in [2.24, 2.45) is 0 Å². The fraction of sp³-hybridized carbons (Fsp3) is 0.115. The van der Waals surface area contributed by atoms with E-state index in [1.807, 2.05) is 0 Å². The first-order valence-corrected chi connectivity index (χ1v) is 11.4. The number of hydrogen-bond acceptors (Lipinski definition) is 7. The Morgan fingerprint density at radius 3 is 2.40 bits per heavy atom. The lowest BCUT2D eigenvalue weighted by atomic mass is 9.95. The van der Waals surface area contributed by atoms with E-state index in [1.165, 1.54) is 41.5 Å². The molecule has 4 aromatic rings. The van der Waals surface area contributed by atoms with Crippen molar-refractivity contribution in [2.75, 3.05) is 19.1 Å². The quantitative estimate of drug-likeness (QED) is 0.239. The van der Waals surface area contributed by atoms with Crippen LogP contribution in [0.2, 0.25) is 0 Å². The van der Waals surface area contributed by atoms with Crippen LogP contribution in [0.5, 0.6) is 11.5 Å². The average molecular weight is 491 g/mol. The summed E-state index contributed by atoms with van der Waals surface area (Å²) in [7, 11) is 3.06. The molecule has 1 aromatic heterocycles. The highest BCUT2D eigenvalue weighted by molar-refractivity contribution is 7.22. The Balaban J connectivity index is 1.70. The third-order valence-electron chi connectivity index (χ3n) is 5.76. The van der Waals surface area contributed by atoms with E-state index >= 15 is 0 Å². The number of ether oxygens (including phenoxy) is 2. The lowest BCUT2D eigenvalue weighted by molar-refractivity contribution is -0.132. The summed E-state index contributed by atoms with van der Waals surface area (Å²) in [5.74, 6) is -1.47. The van der Waals surface area contributed by atoms with Crippen LogP contribution in [0.25, 0.3) is 16.0 Å². The van der Waals surface area contributed by atoms with Crippen LogP contribution in [-0.4, -0.2) is 36.0 Å². The van der Waals surface area contributed by atoms with Crippen LogP contribution in [0.4, 0.5) is 9.52 Å². The number of amides is 1. The summed E-state index contributed by atoms with van der Waals surface area (Å²) in [4.78, 5) is 32.3. The van der Waals surface area contributed by atoms with Gasteiger partial charge in [0.05, 0.1) is 36.1 Å². The Labute approximate surface area is 203 Å². The van der Waals surface area contributed by atoms with E-state index in [0.717, 1.165) is 4.70 Å². The number of halogens is 1. The van der Waals surface area contributed by atoms with E-state index in [0.29, 0.717) is 28.1 Å². The number of nitrogens with zero attached hydrogens (tertiary/aromatic N) is 2. The monoisotopic (exact) mass is 490 g/mol. The molecule has 1 saturated heterocycles. The Hall–Kier alpha value is -4.24. The smallest absolute Gasteiger partial charge is 0.301 e. The van der Waals surface area contributed by atoms with Gasteiger partial charge in [0, 0.05) is 5.56 Å². The first kappa shape index (κ1) is 22.5. The lowest BCUT2D eigenvalue weighted by Crippen LogP contribution is -2.29. The van der Waals surface area contributed by atoms with Gasteiger partial charge in [-0.15, -0.1) is 0 Å². The molecular formula is C26H19FN2O5S. The maximum Gasteiger partial charge on any atom is 0.301 e. The second-order valence-electron chi connectivity index (χ2n) is 7.78.